The molecule has 0 bridgehead atoms. The molecule has 0 aliphatic heterocycles. The molecule has 0 saturated carbocycles. The average Bonchev–Trinajstić information content (AvgIpc) is 2.29. The largest absolute Gasteiger partial charge is 0.461 e. The van der Waals surface area contributed by atoms with E-state index >= 15 is 0 Å². The number of hydrogen-bond donors (Lipinski definition) is 0. The minimum Gasteiger partial charge on any atom is -0.461 e. The van der Waals surface area contributed by atoms with Gasteiger partial charge in [0.15, 0.2) is 0 Å². The first-order chi connectivity index (χ1) is 7.70. The Kier molecular flexibility index (Phi) is 10.0. The van der Waals surface area contributed by atoms with Gasteiger partial charge in [0.05, 0.1) is 0 Å². The molecule has 16 heavy (non-hydrogen) atoms. The summed E-state index contributed by atoms with van der Waals surface area (Å²) < 4.78 is 9.49. The molecule has 0 saturated heterocycles. The molecule has 0 radical (unpaired) electrons. The number of esters is 2. The fraction of sp³-hybridized carbons (Fsp3) is 0.400. The fourth-order valence-corrected chi connectivity index (χ4v) is 2.17. The summed E-state index contributed by atoms with van der Waals surface area (Å²) in [7, 11) is 2.51. The van der Waals surface area contributed by atoms with Crippen molar-refractivity contribution in [1.82, 2.24) is 0 Å². The third kappa shape index (κ3) is 9.67. The second-order valence-electron chi connectivity index (χ2n) is 2.47. The Labute approximate surface area is 103 Å². The molecule has 0 aromatic rings. The Morgan fingerprint density at radius 2 is 1.31 bits per heavy atom. The van der Waals surface area contributed by atoms with Crippen molar-refractivity contribution >= 4 is 33.5 Å². The highest BCUT2D eigenvalue weighted by Gasteiger charge is 2.05. The van der Waals surface area contributed by atoms with Crippen LogP contribution in [0.3, 0.4) is 0 Å². The van der Waals surface area contributed by atoms with Crippen LogP contribution in [0, 0.1) is 0 Å². The molecular formula is C10H14O4S2. The highest BCUT2D eigenvalue weighted by molar-refractivity contribution is 8.77. The molecular weight excluding hydrogens is 248 g/mol. The average molecular weight is 262 g/mol. The Hall–Kier alpha value is -0.880. The first-order valence-corrected chi connectivity index (χ1v) is 6.97. The van der Waals surface area contributed by atoms with Crippen molar-refractivity contribution in [3.05, 3.63) is 25.3 Å². The number of rotatable bonds is 9. The first kappa shape index (κ1) is 15.1. The predicted molar refractivity (Wildman–Crippen MR) is 67.2 cm³/mol. The van der Waals surface area contributed by atoms with E-state index in [-0.39, 0.29) is 36.7 Å². The van der Waals surface area contributed by atoms with Gasteiger partial charge in [0.25, 0.3) is 0 Å². The maximum atomic E-state index is 11.0. The molecule has 4 nitrogen and oxygen atoms in total. The minimum atomic E-state index is -0.322. The fourth-order valence-electron chi connectivity index (χ4n) is 0.567. The van der Waals surface area contributed by atoms with E-state index in [0.717, 1.165) is 0 Å². The molecule has 0 N–H and O–H groups in total. The molecule has 0 atom stereocenters. The molecule has 0 amide bonds. The van der Waals surface area contributed by atoms with Gasteiger partial charge in [0, 0.05) is 0 Å². The van der Waals surface area contributed by atoms with Crippen LogP contribution < -0.4 is 0 Å². The molecule has 0 unspecified atom stereocenters. The van der Waals surface area contributed by atoms with Crippen LogP contribution in [0.15, 0.2) is 25.3 Å². The molecule has 0 spiro atoms. The highest BCUT2D eigenvalue weighted by atomic mass is 33.1. The zero-order valence-electron chi connectivity index (χ0n) is 8.85. The summed E-state index contributed by atoms with van der Waals surface area (Å²) in [6.07, 6.45) is 3.00. The number of ether oxygens (including phenoxy) is 2. The molecule has 0 rings (SSSR count). The Bertz CT molecular complexity index is 227. The maximum absolute atomic E-state index is 11.0. The summed E-state index contributed by atoms with van der Waals surface area (Å²) in [6, 6.07) is 0. The van der Waals surface area contributed by atoms with Gasteiger partial charge in [-0.05, 0) is 0 Å². The van der Waals surface area contributed by atoms with E-state index < -0.39 is 0 Å². The van der Waals surface area contributed by atoms with Gasteiger partial charge >= 0.3 is 11.9 Å². The van der Waals surface area contributed by atoms with E-state index in [4.69, 9.17) is 9.47 Å². The smallest absolute Gasteiger partial charge is 0.317 e. The van der Waals surface area contributed by atoms with Crippen molar-refractivity contribution < 1.29 is 19.1 Å². The zero-order valence-corrected chi connectivity index (χ0v) is 10.5. The molecule has 0 aliphatic rings. The zero-order chi connectivity index (χ0) is 12.2. The molecule has 0 heterocycles. The third-order valence-corrected chi connectivity index (χ3v) is 3.24. The topological polar surface area (TPSA) is 52.6 Å². The van der Waals surface area contributed by atoms with Crippen LogP contribution >= 0.6 is 21.6 Å². The summed E-state index contributed by atoms with van der Waals surface area (Å²) in [5.74, 6) is -0.241. The molecule has 0 aromatic carbocycles. The molecule has 6 heteroatoms. The summed E-state index contributed by atoms with van der Waals surface area (Å²) >= 11 is 0. The number of carbonyl (C=O) groups is 2. The summed E-state index contributed by atoms with van der Waals surface area (Å²) in [4.78, 5) is 22.0. The van der Waals surface area contributed by atoms with E-state index in [9.17, 15) is 9.59 Å². The van der Waals surface area contributed by atoms with Crippen LogP contribution in [-0.2, 0) is 19.1 Å². The van der Waals surface area contributed by atoms with Crippen molar-refractivity contribution in [2.75, 3.05) is 24.7 Å². The lowest BCUT2D eigenvalue weighted by molar-refractivity contribution is -0.140. The van der Waals surface area contributed by atoms with E-state index in [1.807, 2.05) is 0 Å². The minimum absolute atomic E-state index is 0.202. The van der Waals surface area contributed by atoms with Crippen LogP contribution in [0.1, 0.15) is 0 Å². The number of carbonyl (C=O) groups excluding carboxylic acids is 2. The maximum Gasteiger partial charge on any atom is 0.317 e. The van der Waals surface area contributed by atoms with Crippen LogP contribution in [0.25, 0.3) is 0 Å². The van der Waals surface area contributed by atoms with Crippen molar-refractivity contribution in [2.45, 2.75) is 0 Å². The van der Waals surface area contributed by atoms with Crippen molar-refractivity contribution in [2.24, 2.45) is 0 Å². The summed E-state index contributed by atoms with van der Waals surface area (Å²) in [5, 5.41) is 0. The van der Waals surface area contributed by atoms with Crippen molar-refractivity contribution in [1.29, 1.82) is 0 Å². The van der Waals surface area contributed by atoms with Gasteiger partial charge in [-0.2, -0.15) is 0 Å². The SMILES string of the molecule is C=CCOC(=O)CSSCC(=O)OCC=C. The van der Waals surface area contributed by atoms with Gasteiger partial charge < -0.3 is 9.47 Å². The Balaban J connectivity index is 3.37. The van der Waals surface area contributed by atoms with E-state index in [1.165, 1.54) is 33.7 Å². The second-order valence-corrected chi connectivity index (χ2v) is 4.93. The lowest BCUT2D eigenvalue weighted by atomic mass is 10.7. The summed E-state index contributed by atoms with van der Waals surface area (Å²) in [6.45, 7) is 7.27. The lowest BCUT2D eigenvalue weighted by Crippen LogP contribution is -2.08. The van der Waals surface area contributed by atoms with Gasteiger partial charge in [-0.3, -0.25) is 9.59 Å². The van der Waals surface area contributed by atoms with E-state index in [2.05, 4.69) is 13.2 Å². The molecule has 0 fully saturated rings. The van der Waals surface area contributed by atoms with Crippen LogP contribution in [-0.4, -0.2) is 36.7 Å². The molecule has 90 valence electrons. The highest BCUT2D eigenvalue weighted by Crippen LogP contribution is 2.21. The van der Waals surface area contributed by atoms with Gasteiger partial charge in [-0.25, -0.2) is 0 Å². The van der Waals surface area contributed by atoms with E-state index in [0.29, 0.717) is 0 Å². The van der Waals surface area contributed by atoms with Gasteiger partial charge in [0.2, 0.25) is 0 Å². The molecule has 0 aromatic heterocycles. The van der Waals surface area contributed by atoms with Crippen molar-refractivity contribution in [3.8, 4) is 0 Å². The van der Waals surface area contributed by atoms with Gasteiger partial charge in [0.1, 0.15) is 24.7 Å². The predicted octanol–water partition coefficient (Wildman–Crippen LogP) is 1.83. The standard InChI is InChI=1S/C10H14O4S2/c1-3-5-13-9(11)7-15-16-8-10(12)14-6-4-2/h3-4H,1-2,5-8H2. The van der Waals surface area contributed by atoms with Gasteiger partial charge in [-0.1, -0.05) is 46.9 Å². The third-order valence-electron chi connectivity index (χ3n) is 1.16. The quantitative estimate of drug-likeness (QED) is 0.273. The van der Waals surface area contributed by atoms with Crippen molar-refractivity contribution in [3.63, 3.8) is 0 Å². The first-order valence-electron chi connectivity index (χ1n) is 4.48. The lowest BCUT2D eigenvalue weighted by Gasteiger charge is -2.02. The Morgan fingerprint density at radius 3 is 1.62 bits per heavy atom. The normalized spacial score (nSPS) is 9.25. The van der Waals surface area contributed by atoms with Crippen LogP contribution in [0.4, 0.5) is 0 Å². The Morgan fingerprint density at radius 1 is 0.938 bits per heavy atom. The van der Waals surface area contributed by atoms with Crippen LogP contribution in [0.5, 0.6) is 0 Å². The van der Waals surface area contributed by atoms with Gasteiger partial charge in [-0.15, -0.1) is 0 Å². The monoisotopic (exact) mass is 262 g/mol. The number of hydrogen-bond acceptors (Lipinski definition) is 6. The molecule has 0 aliphatic carbocycles. The van der Waals surface area contributed by atoms with Crippen LogP contribution in [0.2, 0.25) is 0 Å². The summed E-state index contributed by atoms with van der Waals surface area (Å²) in [5.41, 5.74) is 0. The van der Waals surface area contributed by atoms with E-state index in [1.54, 1.807) is 0 Å². The second kappa shape index (κ2) is 10.6.